The second-order valence-corrected chi connectivity index (χ2v) is 6.74. The van der Waals surface area contributed by atoms with Gasteiger partial charge in [-0.1, -0.05) is 30.3 Å². The summed E-state index contributed by atoms with van der Waals surface area (Å²) in [5, 5.41) is 21.8. The lowest BCUT2D eigenvalue weighted by molar-refractivity contribution is -0.0406. The van der Waals surface area contributed by atoms with Crippen molar-refractivity contribution in [3.63, 3.8) is 0 Å². The third-order valence-corrected chi connectivity index (χ3v) is 4.89. The molecule has 25 heavy (non-hydrogen) atoms. The van der Waals surface area contributed by atoms with Gasteiger partial charge in [0.25, 0.3) is 0 Å². The van der Waals surface area contributed by atoms with Gasteiger partial charge in [-0.15, -0.1) is 0 Å². The Morgan fingerprint density at radius 2 is 1.92 bits per heavy atom. The van der Waals surface area contributed by atoms with Gasteiger partial charge in [-0.3, -0.25) is 4.90 Å². The Balaban J connectivity index is 1.57. The van der Waals surface area contributed by atoms with Crippen molar-refractivity contribution in [2.75, 3.05) is 13.1 Å². The van der Waals surface area contributed by atoms with Gasteiger partial charge in [0, 0.05) is 25.2 Å². The van der Waals surface area contributed by atoms with Crippen molar-refractivity contribution in [2.24, 2.45) is 0 Å². The first-order valence-electron chi connectivity index (χ1n) is 8.64. The number of piperidine rings is 1. The molecule has 0 bridgehead atoms. The van der Waals surface area contributed by atoms with Crippen LogP contribution in [0.3, 0.4) is 0 Å². The van der Waals surface area contributed by atoms with Crippen LogP contribution in [0.2, 0.25) is 0 Å². The summed E-state index contributed by atoms with van der Waals surface area (Å²) in [7, 11) is 0. The van der Waals surface area contributed by atoms with Gasteiger partial charge in [-0.25, -0.2) is 4.98 Å². The fourth-order valence-electron chi connectivity index (χ4n) is 3.36. The van der Waals surface area contributed by atoms with Crippen LogP contribution in [0.4, 0.5) is 0 Å². The highest BCUT2D eigenvalue weighted by Crippen LogP contribution is 2.26. The normalized spacial score (nSPS) is 21.7. The number of aromatic nitrogens is 1. The molecule has 1 fully saturated rings. The van der Waals surface area contributed by atoms with Crippen LogP contribution >= 0.6 is 0 Å². The van der Waals surface area contributed by atoms with Crippen LogP contribution in [0.5, 0.6) is 0 Å². The quantitative estimate of drug-likeness (QED) is 0.768. The predicted octanol–water partition coefficient (Wildman–Crippen LogP) is 2.73. The van der Waals surface area contributed by atoms with E-state index >= 15 is 0 Å². The third kappa shape index (κ3) is 3.31. The minimum absolute atomic E-state index is 0.457. The van der Waals surface area contributed by atoms with Crippen LogP contribution < -0.4 is 0 Å². The fraction of sp³-hybridized carbons (Fsp3) is 0.350. The SMILES string of the molecule is Cc1oc(-c2ccc3ccccc3c2)nc1CN1CC[C@@H](O)[C@H](O)C1. The molecule has 2 N–H and O–H groups in total. The molecule has 0 saturated carbocycles. The fourth-order valence-corrected chi connectivity index (χ4v) is 3.36. The van der Waals surface area contributed by atoms with E-state index in [4.69, 9.17) is 4.42 Å². The maximum absolute atomic E-state index is 9.84. The standard InChI is InChI=1S/C20H22N2O3/c1-13-17(11-22-9-8-18(23)19(24)12-22)21-20(25-13)16-7-6-14-4-2-3-5-15(14)10-16/h2-7,10,18-19,23-24H,8-9,11-12H2,1H3/t18-,19-/m1/s1. The van der Waals surface area contributed by atoms with Crippen molar-refractivity contribution in [2.45, 2.75) is 32.1 Å². The van der Waals surface area contributed by atoms with Crippen LogP contribution in [-0.2, 0) is 6.54 Å². The average Bonchev–Trinajstić information content (AvgIpc) is 2.98. The zero-order valence-corrected chi connectivity index (χ0v) is 14.2. The van der Waals surface area contributed by atoms with E-state index in [1.54, 1.807) is 0 Å². The number of aliphatic hydroxyl groups excluding tert-OH is 2. The molecule has 0 unspecified atom stereocenters. The lowest BCUT2D eigenvalue weighted by Crippen LogP contribution is -2.46. The monoisotopic (exact) mass is 338 g/mol. The Morgan fingerprint density at radius 1 is 1.12 bits per heavy atom. The number of likely N-dealkylation sites (tertiary alicyclic amines) is 1. The molecule has 130 valence electrons. The van der Waals surface area contributed by atoms with Gasteiger partial charge in [0.1, 0.15) is 5.76 Å². The molecule has 1 saturated heterocycles. The molecule has 2 atom stereocenters. The minimum atomic E-state index is -0.694. The summed E-state index contributed by atoms with van der Waals surface area (Å²) in [5.74, 6) is 1.42. The van der Waals surface area contributed by atoms with E-state index in [9.17, 15) is 10.2 Å². The summed E-state index contributed by atoms with van der Waals surface area (Å²) >= 11 is 0. The molecule has 0 spiro atoms. The highest BCUT2D eigenvalue weighted by atomic mass is 16.4. The molecular weight excluding hydrogens is 316 g/mol. The minimum Gasteiger partial charge on any atom is -0.441 e. The highest BCUT2D eigenvalue weighted by molar-refractivity contribution is 5.86. The number of benzene rings is 2. The molecular formula is C20H22N2O3. The maximum Gasteiger partial charge on any atom is 0.226 e. The van der Waals surface area contributed by atoms with Crippen molar-refractivity contribution in [1.82, 2.24) is 9.88 Å². The van der Waals surface area contributed by atoms with Gasteiger partial charge >= 0.3 is 0 Å². The molecule has 3 aromatic rings. The molecule has 1 aliphatic rings. The number of oxazole rings is 1. The Bertz CT molecular complexity index is 890. The number of β-amino-alcohol motifs (C(OH)–C–C–N with tert-alkyl or cyclic N) is 1. The van der Waals surface area contributed by atoms with Crippen molar-refractivity contribution < 1.29 is 14.6 Å². The van der Waals surface area contributed by atoms with Gasteiger partial charge in [-0.05, 0) is 36.2 Å². The molecule has 5 nitrogen and oxygen atoms in total. The van der Waals surface area contributed by atoms with Gasteiger partial charge < -0.3 is 14.6 Å². The number of aryl methyl sites for hydroxylation is 1. The molecule has 2 aromatic carbocycles. The molecule has 0 amide bonds. The average molecular weight is 338 g/mol. The van der Waals surface area contributed by atoms with Crippen molar-refractivity contribution >= 4 is 10.8 Å². The number of hydrogen-bond acceptors (Lipinski definition) is 5. The van der Waals surface area contributed by atoms with Crippen LogP contribution in [0.1, 0.15) is 17.9 Å². The van der Waals surface area contributed by atoms with Crippen molar-refractivity contribution in [3.8, 4) is 11.5 Å². The Labute approximate surface area is 146 Å². The zero-order chi connectivity index (χ0) is 17.4. The Kier molecular flexibility index (Phi) is 4.29. The summed E-state index contributed by atoms with van der Waals surface area (Å²) < 4.78 is 5.89. The van der Waals surface area contributed by atoms with Gasteiger partial charge in [0.05, 0.1) is 17.9 Å². The lowest BCUT2D eigenvalue weighted by atomic mass is 10.0. The molecule has 0 radical (unpaired) electrons. The van der Waals surface area contributed by atoms with E-state index in [1.807, 2.05) is 25.1 Å². The van der Waals surface area contributed by atoms with Gasteiger partial charge in [-0.2, -0.15) is 0 Å². The number of fused-ring (bicyclic) bond motifs is 1. The summed E-state index contributed by atoms with van der Waals surface area (Å²) in [4.78, 5) is 6.78. The third-order valence-electron chi connectivity index (χ3n) is 4.89. The van der Waals surface area contributed by atoms with Crippen molar-refractivity contribution in [3.05, 3.63) is 53.9 Å². The van der Waals surface area contributed by atoms with Crippen LogP contribution in [0.25, 0.3) is 22.2 Å². The van der Waals surface area contributed by atoms with Gasteiger partial charge in [0.15, 0.2) is 0 Å². The number of nitrogens with zero attached hydrogens (tertiary/aromatic N) is 2. The largest absolute Gasteiger partial charge is 0.441 e. The molecule has 4 rings (SSSR count). The second-order valence-electron chi connectivity index (χ2n) is 6.74. The molecule has 1 aromatic heterocycles. The van der Waals surface area contributed by atoms with Gasteiger partial charge in [0.2, 0.25) is 5.89 Å². The number of hydrogen-bond donors (Lipinski definition) is 2. The second kappa shape index (κ2) is 6.59. The summed E-state index contributed by atoms with van der Waals surface area (Å²) in [6.45, 7) is 3.74. The molecule has 5 heteroatoms. The summed E-state index contributed by atoms with van der Waals surface area (Å²) in [6, 6.07) is 14.4. The summed E-state index contributed by atoms with van der Waals surface area (Å²) in [5.41, 5.74) is 1.84. The number of aliphatic hydroxyl groups is 2. The molecule has 2 heterocycles. The van der Waals surface area contributed by atoms with E-state index in [0.717, 1.165) is 28.9 Å². The topological polar surface area (TPSA) is 69.7 Å². The van der Waals surface area contributed by atoms with E-state index in [-0.39, 0.29) is 0 Å². The summed E-state index contributed by atoms with van der Waals surface area (Å²) in [6.07, 6.45) is -0.737. The van der Waals surface area contributed by atoms with Crippen molar-refractivity contribution in [1.29, 1.82) is 0 Å². The van der Waals surface area contributed by atoms with Crippen LogP contribution in [-0.4, -0.2) is 45.4 Å². The van der Waals surface area contributed by atoms with E-state index in [2.05, 4.69) is 34.1 Å². The lowest BCUT2D eigenvalue weighted by Gasteiger charge is -2.32. The highest BCUT2D eigenvalue weighted by Gasteiger charge is 2.27. The van der Waals surface area contributed by atoms with E-state index in [0.29, 0.717) is 25.4 Å². The van der Waals surface area contributed by atoms with E-state index < -0.39 is 12.2 Å². The smallest absolute Gasteiger partial charge is 0.226 e. The van der Waals surface area contributed by atoms with E-state index in [1.165, 1.54) is 5.39 Å². The first-order valence-corrected chi connectivity index (χ1v) is 8.64. The van der Waals surface area contributed by atoms with Crippen LogP contribution in [0, 0.1) is 6.92 Å². The number of rotatable bonds is 3. The zero-order valence-electron chi connectivity index (χ0n) is 14.2. The maximum atomic E-state index is 9.84. The predicted molar refractivity (Wildman–Crippen MR) is 96.1 cm³/mol. The van der Waals surface area contributed by atoms with Crippen LogP contribution in [0.15, 0.2) is 46.9 Å². The first kappa shape index (κ1) is 16.3. The molecule has 0 aliphatic carbocycles. The molecule has 1 aliphatic heterocycles. The first-order chi connectivity index (χ1) is 12.1. The Hall–Kier alpha value is -2.21. The Morgan fingerprint density at radius 3 is 2.72 bits per heavy atom.